The number of carbonyl (C=O) groups is 2. The van der Waals surface area contributed by atoms with Crippen molar-refractivity contribution in [3.8, 4) is 5.75 Å². The van der Waals surface area contributed by atoms with Gasteiger partial charge in [-0.05, 0) is 19.1 Å². The van der Waals surface area contributed by atoms with Crippen LogP contribution in [0.5, 0.6) is 5.75 Å². The molecule has 0 saturated carbocycles. The number of rotatable bonds is 3. The molecule has 3 nitrogen and oxygen atoms in total. The Morgan fingerprint density at radius 3 is 2.29 bits per heavy atom. The second kappa shape index (κ2) is 4.57. The molecule has 0 spiro atoms. The van der Waals surface area contributed by atoms with Gasteiger partial charge < -0.3 is 4.74 Å². The lowest BCUT2D eigenvalue weighted by Gasteiger charge is -2.16. The molecule has 1 rings (SSSR count). The molecule has 0 saturated heterocycles. The highest BCUT2D eigenvalue weighted by Gasteiger charge is 2.39. The van der Waals surface area contributed by atoms with Gasteiger partial charge in [-0.3, -0.25) is 9.59 Å². The van der Waals surface area contributed by atoms with Gasteiger partial charge in [-0.2, -0.15) is 13.2 Å². The van der Waals surface area contributed by atoms with Crippen molar-refractivity contribution in [1.82, 2.24) is 0 Å². The summed E-state index contributed by atoms with van der Waals surface area (Å²) < 4.78 is 43.0. The molecule has 0 aromatic heterocycles. The molecule has 1 aromatic carbocycles. The van der Waals surface area contributed by atoms with Crippen LogP contribution in [0.1, 0.15) is 33.2 Å². The van der Waals surface area contributed by atoms with E-state index in [2.05, 4.69) is 4.74 Å². The highest BCUT2D eigenvalue weighted by Crippen LogP contribution is 2.39. The van der Waals surface area contributed by atoms with Gasteiger partial charge in [0.05, 0.1) is 7.11 Å². The van der Waals surface area contributed by atoms with Crippen LogP contribution in [0.3, 0.4) is 0 Å². The van der Waals surface area contributed by atoms with Crippen molar-refractivity contribution in [2.24, 2.45) is 0 Å². The Morgan fingerprint density at radius 2 is 1.94 bits per heavy atom. The van der Waals surface area contributed by atoms with Gasteiger partial charge >= 0.3 is 6.18 Å². The molecule has 0 radical (unpaired) electrons. The van der Waals surface area contributed by atoms with Gasteiger partial charge in [0.1, 0.15) is 11.3 Å². The van der Waals surface area contributed by atoms with Crippen molar-refractivity contribution < 1.29 is 27.5 Å². The van der Waals surface area contributed by atoms with Gasteiger partial charge in [0.15, 0.2) is 12.1 Å². The van der Waals surface area contributed by atoms with Gasteiger partial charge in [-0.25, -0.2) is 0 Å². The van der Waals surface area contributed by atoms with E-state index in [1.165, 1.54) is 0 Å². The van der Waals surface area contributed by atoms with Gasteiger partial charge in [-0.15, -0.1) is 0 Å². The molecule has 0 N–H and O–H groups in total. The van der Waals surface area contributed by atoms with E-state index in [0.29, 0.717) is 0 Å². The largest absolute Gasteiger partial charge is 0.496 e. The number of methoxy groups -OCH3 is 1. The fraction of sp³-hybridized carbons (Fsp3) is 0.273. The number of halogens is 3. The molecule has 0 aliphatic rings. The van der Waals surface area contributed by atoms with E-state index in [1.54, 1.807) is 0 Å². The Bertz CT molecular complexity index is 464. The molecule has 6 heteroatoms. The zero-order chi connectivity index (χ0) is 13.2. The van der Waals surface area contributed by atoms with Gasteiger partial charge in [0, 0.05) is 11.1 Å². The average molecular weight is 246 g/mol. The van der Waals surface area contributed by atoms with Crippen LogP contribution in [0.2, 0.25) is 0 Å². The number of carbonyl (C=O) groups excluding carboxylic acids is 2. The molecule has 0 aliphatic heterocycles. The summed E-state index contributed by atoms with van der Waals surface area (Å²) in [5, 5.41) is 0. The molecular formula is C11H9F3O3. The molecule has 0 atom stereocenters. The maximum absolute atomic E-state index is 12.8. The predicted octanol–water partition coefficient (Wildman–Crippen LogP) is 2.73. The third-order valence-corrected chi connectivity index (χ3v) is 2.18. The molecule has 0 aliphatic carbocycles. The normalized spacial score (nSPS) is 11.1. The van der Waals surface area contributed by atoms with Crippen molar-refractivity contribution in [3.05, 3.63) is 28.8 Å². The number of ether oxygens (including phenoxy) is 1. The van der Waals surface area contributed by atoms with Crippen LogP contribution in [-0.2, 0) is 6.18 Å². The van der Waals surface area contributed by atoms with Crippen LogP contribution in [0.4, 0.5) is 13.2 Å². The minimum Gasteiger partial charge on any atom is -0.496 e. The number of ketones is 1. The quantitative estimate of drug-likeness (QED) is 0.608. The summed E-state index contributed by atoms with van der Waals surface area (Å²) in [6, 6.07) is 2.14. The molecule has 0 fully saturated rings. The molecule has 92 valence electrons. The maximum atomic E-state index is 12.8. The summed E-state index contributed by atoms with van der Waals surface area (Å²) in [5.41, 5.74) is -2.17. The number of aldehydes is 1. The van der Waals surface area contributed by atoms with Crippen LogP contribution in [0.15, 0.2) is 12.1 Å². The van der Waals surface area contributed by atoms with Crippen LogP contribution < -0.4 is 4.74 Å². The summed E-state index contributed by atoms with van der Waals surface area (Å²) in [6.07, 6.45) is -4.54. The standard InChI is InChI=1S/C11H9F3O3/c1-6(16)9-7(5-15)3-4-8(17-2)10(9)11(12,13)14/h3-5H,1-2H3. The first-order valence-corrected chi connectivity index (χ1v) is 4.57. The second-order valence-electron chi connectivity index (χ2n) is 3.28. The number of Topliss-reactive ketones (excluding diaryl/α,β-unsaturated/α-hetero) is 1. The first-order valence-electron chi connectivity index (χ1n) is 4.57. The summed E-state index contributed by atoms with van der Waals surface area (Å²) in [4.78, 5) is 21.9. The van der Waals surface area contributed by atoms with Crippen molar-refractivity contribution in [2.75, 3.05) is 7.11 Å². The van der Waals surface area contributed by atoms with E-state index in [9.17, 15) is 22.8 Å². The average Bonchev–Trinajstić information content (AvgIpc) is 2.25. The topological polar surface area (TPSA) is 43.4 Å². The third-order valence-electron chi connectivity index (χ3n) is 2.18. The Hall–Kier alpha value is -1.85. The zero-order valence-electron chi connectivity index (χ0n) is 9.09. The van der Waals surface area contributed by atoms with Gasteiger partial charge in [-0.1, -0.05) is 0 Å². The van der Waals surface area contributed by atoms with Crippen LogP contribution >= 0.6 is 0 Å². The number of alkyl halides is 3. The minimum atomic E-state index is -4.76. The monoisotopic (exact) mass is 246 g/mol. The lowest BCUT2D eigenvalue weighted by Crippen LogP contribution is -2.15. The van der Waals surface area contributed by atoms with Crippen molar-refractivity contribution in [2.45, 2.75) is 13.1 Å². The predicted molar refractivity (Wildman–Crippen MR) is 53.4 cm³/mol. The molecule has 17 heavy (non-hydrogen) atoms. The van der Waals surface area contributed by atoms with E-state index in [-0.39, 0.29) is 11.8 Å². The highest BCUT2D eigenvalue weighted by atomic mass is 19.4. The fourth-order valence-corrected chi connectivity index (χ4v) is 1.53. The molecule has 0 heterocycles. The summed E-state index contributed by atoms with van der Waals surface area (Å²) in [5.74, 6) is -1.31. The Morgan fingerprint density at radius 1 is 1.35 bits per heavy atom. The summed E-state index contributed by atoms with van der Waals surface area (Å²) >= 11 is 0. The van der Waals surface area contributed by atoms with Crippen LogP contribution in [-0.4, -0.2) is 19.2 Å². The molecule has 0 bridgehead atoms. The molecule has 1 aromatic rings. The fourth-order valence-electron chi connectivity index (χ4n) is 1.53. The smallest absolute Gasteiger partial charge is 0.420 e. The SMILES string of the molecule is COc1ccc(C=O)c(C(C)=O)c1C(F)(F)F. The maximum Gasteiger partial charge on any atom is 0.420 e. The van der Waals surface area contributed by atoms with Gasteiger partial charge in [0.25, 0.3) is 0 Å². The van der Waals surface area contributed by atoms with Crippen LogP contribution in [0, 0.1) is 0 Å². The second-order valence-corrected chi connectivity index (χ2v) is 3.28. The van der Waals surface area contributed by atoms with E-state index in [4.69, 9.17) is 0 Å². The highest BCUT2D eigenvalue weighted by molar-refractivity contribution is 6.03. The number of hydrogen-bond donors (Lipinski definition) is 0. The Balaban J connectivity index is 3.71. The third kappa shape index (κ3) is 2.46. The Kier molecular flexibility index (Phi) is 3.55. The summed E-state index contributed by atoms with van der Waals surface area (Å²) in [6.45, 7) is 0.969. The zero-order valence-corrected chi connectivity index (χ0v) is 9.09. The van der Waals surface area contributed by atoms with Crippen LogP contribution in [0.25, 0.3) is 0 Å². The lowest BCUT2D eigenvalue weighted by molar-refractivity contribution is -0.139. The minimum absolute atomic E-state index is 0.214. The molecule has 0 amide bonds. The Labute approximate surface area is 95.2 Å². The van der Waals surface area contributed by atoms with Gasteiger partial charge in [0.2, 0.25) is 0 Å². The lowest BCUT2D eigenvalue weighted by atomic mass is 9.97. The summed E-state index contributed by atoms with van der Waals surface area (Å²) in [7, 11) is 1.06. The molecule has 0 unspecified atom stereocenters. The number of hydrogen-bond acceptors (Lipinski definition) is 3. The van der Waals surface area contributed by atoms with E-state index in [0.717, 1.165) is 26.2 Å². The van der Waals surface area contributed by atoms with E-state index >= 15 is 0 Å². The van der Waals surface area contributed by atoms with E-state index < -0.39 is 28.8 Å². The van der Waals surface area contributed by atoms with Crippen molar-refractivity contribution >= 4 is 12.1 Å². The van der Waals surface area contributed by atoms with Crippen molar-refractivity contribution in [1.29, 1.82) is 0 Å². The first-order chi connectivity index (χ1) is 7.82. The van der Waals surface area contributed by atoms with Crippen molar-refractivity contribution in [3.63, 3.8) is 0 Å². The first kappa shape index (κ1) is 13.2. The number of benzene rings is 1. The van der Waals surface area contributed by atoms with E-state index in [1.807, 2.05) is 0 Å². The molecular weight excluding hydrogens is 237 g/mol.